The average Bonchev–Trinajstić information content (AvgIpc) is 2.52. The van der Waals surface area contributed by atoms with Gasteiger partial charge in [0.2, 0.25) is 0 Å². The average molecular weight is 270 g/mol. The number of hydrogen-bond acceptors (Lipinski definition) is 4. The summed E-state index contributed by atoms with van der Waals surface area (Å²) in [5.74, 6) is 0. The van der Waals surface area contributed by atoms with E-state index in [0.29, 0.717) is 0 Å². The maximum absolute atomic E-state index is 4.07. The number of hydrazine groups is 1. The van der Waals surface area contributed by atoms with Crippen LogP contribution in [0.5, 0.6) is 0 Å². The lowest BCUT2D eigenvalue weighted by atomic mass is 10.0. The zero-order chi connectivity index (χ0) is 14.0. The lowest BCUT2D eigenvalue weighted by Gasteiger charge is -2.20. The van der Waals surface area contributed by atoms with Crippen molar-refractivity contribution in [2.45, 2.75) is 12.5 Å². The monoisotopic (exact) mass is 270 g/mol. The van der Waals surface area contributed by atoms with Gasteiger partial charge in [0.25, 0.3) is 0 Å². The minimum Gasteiger partial charge on any atom is -0.318 e. The normalized spacial score (nSPS) is 12.2. The lowest BCUT2D eigenvalue weighted by Crippen LogP contribution is -2.39. The Morgan fingerprint density at radius 1 is 1.00 bits per heavy atom. The third-order valence-electron chi connectivity index (χ3n) is 3.17. The van der Waals surface area contributed by atoms with Gasteiger partial charge in [0.1, 0.15) is 0 Å². The molecule has 0 saturated heterocycles. The molecule has 3 N–H and O–H groups in total. The Morgan fingerprint density at radius 2 is 1.75 bits per heavy atom. The van der Waals surface area contributed by atoms with Crippen LogP contribution < -0.4 is 16.2 Å². The Balaban J connectivity index is 2.00. The van der Waals surface area contributed by atoms with E-state index in [-0.39, 0.29) is 6.04 Å². The Bertz CT molecular complexity index is 472. The highest BCUT2D eigenvalue weighted by Crippen LogP contribution is 2.17. The molecule has 0 fully saturated rings. The summed E-state index contributed by atoms with van der Waals surface area (Å²) in [5, 5.41) is 3.12. The molecule has 20 heavy (non-hydrogen) atoms. The van der Waals surface area contributed by atoms with Gasteiger partial charge in [0.05, 0.1) is 6.04 Å². The summed E-state index contributed by atoms with van der Waals surface area (Å²) in [7, 11) is 1.95. The Hall–Kier alpha value is -1.75. The maximum atomic E-state index is 4.07. The molecule has 4 nitrogen and oxygen atoms in total. The molecule has 0 radical (unpaired) electrons. The highest BCUT2D eigenvalue weighted by Gasteiger charge is 2.11. The molecule has 1 aromatic heterocycles. The van der Waals surface area contributed by atoms with Gasteiger partial charge in [-0.3, -0.25) is 10.4 Å². The van der Waals surface area contributed by atoms with Crippen LogP contribution in [-0.2, 0) is 6.42 Å². The molecule has 0 saturated carbocycles. The van der Waals surface area contributed by atoms with Crippen LogP contribution in [0.4, 0.5) is 0 Å². The maximum Gasteiger partial charge on any atom is 0.0502 e. The van der Waals surface area contributed by atoms with Crippen LogP contribution in [0.1, 0.15) is 17.2 Å². The molecule has 0 aliphatic heterocycles. The van der Waals surface area contributed by atoms with Crippen LogP contribution >= 0.6 is 0 Å². The second-order valence-electron chi connectivity index (χ2n) is 4.70. The summed E-state index contributed by atoms with van der Waals surface area (Å²) >= 11 is 0. The fourth-order valence-electron chi connectivity index (χ4n) is 2.08. The van der Waals surface area contributed by atoms with Crippen LogP contribution in [0.2, 0.25) is 0 Å². The molecule has 1 unspecified atom stereocenters. The third-order valence-corrected chi connectivity index (χ3v) is 3.17. The molecule has 2 rings (SSSR count). The standard InChI is InChI=1S/C16H22N4/c1-17-11-12-19-20-16(15-5-3-2-4-6-15)13-14-7-9-18-10-8-14/h2-10,16-17,19-20H,11-13H2,1H3. The van der Waals surface area contributed by atoms with Crippen molar-refractivity contribution >= 4 is 0 Å². The fraction of sp³-hybridized carbons (Fsp3) is 0.312. The SMILES string of the molecule is CNCCNNC(Cc1ccncc1)c1ccccc1. The number of pyridine rings is 1. The van der Waals surface area contributed by atoms with E-state index in [1.807, 2.05) is 25.5 Å². The zero-order valence-electron chi connectivity index (χ0n) is 11.8. The summed E-state index contributed by atoms with van der Waals surface area (Å²) in [4.78, 5) is 4.07. The summed E-state index contributed by atoms with van der Waals surface area (Å²) in [6.45, 7) is 1.82. The predicted molar refractivity (Wildman–Crippen MR) is 82.2 cm³/mol. The number of benzene rings is 1. The highest BCUT2D eigenvalue weighted by atomic mass is 15.4. The second-order valence-corrected chi connectivity index (χ2v) is 4.70. The van der Waals surface area contributed by atoms with Crippen molar-refractivity contribution in [2.75, 3.05) is 20.1 Å². The minimum absolute atomic E-state index is 0.246. The molecule has 0 aliphatic carbocycles. The summed E-state index contributed by atoms with van der Waals surface area (Å²) in [5.41, 5.74) is 9.24. The molecule has 0 bridgehead atoms. The lowest BCUT2D eigenvalue weighted by molar-refractivity contribution is 0.435. The van der Waals surface area contributed by atoms with Crippen LogP contribution in [0, 0.1) is 0 Å². The molecule has 1 atom stereocenters. The molecule has 0 spiro atoms. The van der Waals surface area contributed by atoms with Crippen molar-refractivity contribution in [2.24, 2.45) is 0 Å². The van der Waals surface area contributed by atoms with E-state index in [0.717, 1.165) is 19.5 Å². The van der Waals surface area contributed by atoms with Gasteiger partial charge in [0, 0.05) is 25.5 Å². The smallest absolute Gasteiger partial charge is 0.0502 e. The van der Waals surface area contributed by atoms with Gasteiger partial charge in [-0.25, -0.2) is 5.43 Å². The van der Waals surface area contributed by atoms with Gasteiger partial charge in [-0.2, -0.15) is 0 Å². The van der Waals surface area contributed by atoms with Gasteiger partial charge in [-0.05, 0) is 36.7 Å². The van der Waals surface area contributed by atoms with Crippen molar-refractivity contribution in [1.29, 1.82) is 0 Å². The Kier molecular flexibility index (Phi) is 6.17. The zero-order valence-corrected chi connectivity index (χ0v) is 11.8. The first-order valence-corrected chi connectivity index (χ1v) is 6.97. The van der Waals surface area contributed by atoms with E-state index in [2.05, 4.69) is 57.6 Å². The van der Waals surface area contributed by atoms with Gasteiger partial charge in [0.15, 0.2) is 0 Å². The predicted octanol–water partition coefficient (Wildman–Crippen LogP) is 1.68. The van der Waals surface area contributed by atoms with E-state index in [9.17, 15) is 0 Å². The van der Waals surface area contributed by atoms with E-state index in [1.165, 1.54) is 11.1 Å². The van der Waals surface area contributed by atoms with E-state index in [4.69, 9.17) is 0 Å². The molecular weight excluding hydrogens is 248 g/mol. The number of rotatable bonds is 8. The molecule has 1 heterocycles. The molecule has 2 aromatic rings. The molecule has 106 valence electrons. The minimum atomic E-state index is 0.246. The van der Waals surface area contributed by atoms with E-state index < -0.39 is 0 Å². The van der Waals surface area contributed by atoms with Crippen molar-refractivity contribution < 1.29 is 0 Å². The number of aromatic nitrogens is 1. The molecular formula is C16H22N4. The van der Waals surface area contributed by atoms with Gasteiger partial charge in [-0.15, -0.1) is 0 Å². The fourth-order valence-corrected chi connectivity index (χ4v) is 2.08. The third kappa shape index (κ3) is 4.74. The van der Waals surface area contributed by atoms with Gasteiger partial charge in [-0.1, -0.05) is 30.3 Å². The number of hydrogen-bond donors (Lipinski definition) is 3. The highest BCUT2D eigenvalue weighted by molar-refractivity contribution is 5.22. The molecule has 0 aliphatic rings. The van der Waals surface area contributed by atoms with Crippen molar-refractivity contribution in [1.82, 2.24) is 21.2 Å². The van der Waals surface area contributed by atoms with E-state index in [1.54, 1.807) is 0 Å². The first kappa shape index (κ1) is 14.7. The number of nitrogens with one attached hydrogen (secondary N) is 3. The Labute approximate surface area is 120 Å². The summed E-state index contributed by atoms with van der Waals surface area (Å²) in [6.07, 6.45) is 4.61. The largest absolute Gasteiger partial charge is 0.318 e. The first-order chi connectivity index (χ1) is 9.90. The topological polar surface area (TPSA) is 49.0 Å². The Morgan fingerprint density at radius 3 is 2.45 bits per heavy atom. The molecule has 0 amide bonds. The van der Waals surface area contributed by atoms with E-state index >= 15 is 0 Å². The molecule has 1 aromatic carbocycles. The van der Waals surface area contributed by atoms with Crippen molar-refractivity contribution in [3.8, 4) is 0 Å². The van der Waals surface area contributed by atoms with Crippen LogP contribution in [0.25, 0.3) is 0 Å². The van der Waals surface area contributed by atoms with Crippen molar-refractivity contribution in [3.05, 3.63) is 66.0 Å². The summed E-state index contributed by atoms with van der Waals surface area (Å²) in [6, 6.07) is 14.9. The second kappa shape index (κ2) is 8.43. The number of likely N-dealkylation sites (N-methyl/N-ethyl adjacent to an activating group) is 1. The first-order valence-electron chi connectivity index (χ1n) is 6.97. The summed E-state index contributed by atoms with van der Waals surface area (Å²) < 4.78 is 0. The van der Waals surface area contributed by atoms with Crippen molar-refractivity contribution in [3.63, 3.8) is 0 Å². The van der Waals surface area contributed by atoms with Crippen LogP contribution in [0.3, 0.4) is 0 Å². The van der Waals surface area contributed by atoms with Crippen LogP contribution in [-0.4, -0.2) is 25.1 Å². The van der Waals surface area contributed by atoms with Gasteiger partial charge < -0.3 is 5.32 Å². The quantitative estimate of drug-likeness (QED) is 0.504. The molecule has 4 heteroatoms. The van der Waals surface area contributed by atoms with Crippen LogP contribution in [0.15, 0.2) is 54.9 Å². The number of nitrogens with zero attached hydrogens (tertiary/aromatic N) is 1. The van der Waals surface area contributed by atoms with Gasteiger partial charge >= 0.3 is 0 Å².